The number of benzene rings is 2. The fraction of sp³-hybridized carbons (Fsp3) is 0.370. The van der Waals surface area contributed by atoms with Crippen molar-refractivity contribution in [1.82, 2.24) is 4.90 Å². The van der Waals surface area contributed by atoms with Crippen molar-refractivity contribution >= 4 is 46.3 Å². The molecule has 1 aliphatic heterocycles. The molecule has 35 heavy (non-hydrogen) atoms. The molecule has 6 nitrogen and oxygen atoms in total. The number of hydrogen-bond acceptors (Lipinski definition) is 7. The zero-order valence-corrected chi connectivity index (χ0v) is 22.4. The minimum absolute atomic E-state index is 0.107. The van der Waals surface area contributed by atoms with Crippen LogP contribution in [0.2, 0.25) is 0 Å². The number of methoxy groups -OCH3 is 2. The van der Waals surface area contributed by atoms with Crippen molar-refractivity contribution in [3.63, 3.8) is 0 Å². The third kappa shape index (κ3) is 7.08. The summed E-state index contributed by atoms with van der Waals surface area (Å²) in [5, 5.41) is 0. The van der Waals surface area contributed by atoms with Crippen molar-refractivity contribution in [2.75, 3.05) is 20.8 Å². The van der Waals surface area contributed by atoms with E-state index < -0.39 is 0 Å². The molecule has 0 spiro atoms. The van der Waals surface area contributed by atoms with Crippen LogP contribution >= 0.6 is 24.0 Å². The van der Waals surface area contributed by atoms with Gasteiger partial charge in [-0.25, -0.2) is 0 Å². The van der Waals surface area contributed by atoms with Gasteiger partial charge >= 0.3 is 5.97 Å². The molecule has 2 aromatic carbocycles. The van der Waals surface area contributed by atoms with E-state index in [4.69, 9.17) is 21.7 Å². The van der Waals surface area contributed by atoms with E-state index in [9.17, 15) is 9.59 Å². The normalized spacial score (nSPS) is 15.0. The van der Waals surface area contributed by atoms with E-state index in [1.165, 1.54) is 29.3 Å². The topological polar surface area (TPSA) is 65.1 Å². The molecule has 1 fully saturated rings. The zero-order valence-electron chi connectivity index (χ0n) is 20.8. The number of carbonyl (C=O) groups excluding carboxylic acids is 2. The summed E-state index contributed by atoms with van der Waals surface area (Å²) in [6.07, 6.45) is 2.52. The predicted octanol–water partition coefficient (Wildman–Crippen LogP) is 5.73. The molecular weight excluding hydrogens is 482 g/mol. The molecule has 0 aliphatic carbocycles. The highest BCUT2D eigenvalue weighted by Gasteiger charge is 2.31. The zero-order chi connectivity index (χ0) is 25.6. The Morgan fingerprint density at radius 1 is 1.09 bits per heavy atom. The third-order valence-electron chi connectivity index (χ3n) is 5.56. The highest BCUT2D eigenvalue weighted by Crippen LogP contribution is 2.35. The average Bonchev–Trinajstić information content (AvgIpc) is 3.09. The highest BCUT2D eigenvalue weighted by molar-refractivity contribution is 8.26. The van der Waals surface area contributed by atoms with Crippen LogP contribution in [0.1, 0.15) is 50.3 Å². The second-order valence-corrected chi connectivity index (χ2v) is 10.8. The Balaban J connectivity index is 1.66. The van der Waals surface area contributed by atoms with Crippen LogP contribution in [0.3, 0.4) is 0 Å². The Kier molecular flexibility index (Phi) is 8.97. The van der Waals surface area contributed by atoms with Crippen molar-refractivity contribution in [3.05, 3.63) is 64.1 Å². The third-order valence-corrected chi connectivity index (χ3v) is 6.94. The van der Waals surface area contributed by atoms with Gasteiger partial charge in [0.15, 0.2) is 11.5 Å². The molecule has 2 aromatic rings. The smallest absolute Gasteiger partial charge is 0.305 e. The van der Waals surface area contributed by atoms with Gasteiger partial charge in [-0.05, 0) is 46.7 Å². The van der Waals surface area contributed by atoms with E-state index in [1.807, 2.05) is 18.2 Å². The maximum absolute atomic E-state index is 12.8. The van der Waals surface area contributed by atoms with Crippen LogP contribution < -0.4 is 9.47 Å². The molecule has 1 aliphatic rings. The Bertz CT molecular complexity index is 1120. The van der Waals surface area contributed by atoms with Crippen molar-refractivity contribution in [3.8, 4) is 11.5 Å². The summed E-state index contributed by atoms with van der Waals surface area (Å²) in [6, 6.07) is 14.0. The molecule has 0 atom stereocenters. The Labute approximate surface area is 216 Å². The first-order valence-corrected chi connectivity index (χ1v) is 12.6. The lowest BCUT2D eigenvalue weighted by atomic mass is 9.87. The molecular formula is C27H31NO5S2. The van der Waals surface area contributed by atoms with Crippen molar-refractivity contribution < 1.29 is 23.8 Å². The van der Waals surface area contributed by atoms with Gasteiger partial charge in [-0.1, -0.05) is 75.1 Å². The Morgan fingerprint density at radius 3 is 2.43 bits per heavy atom. The number of carbonyl (C=O) groups is 2. The SMILES string of the molecule is COC(=O)CCCN1C(=O)/C(=C\c2ccc(OCc3ccc(C(C)(C)C)cc3)c(OC)c2)SC1=S. The van der Waals surface area contributed by atoms with E-state index >= 15 is 0 Å². The van der Waals surface area contributed by atoms with E-state index in [0.717, 1.165) is 11.1 Å². The van der Waals surface area contributed by atoms with Gasteiger partial charge in [0.25, 0.3) is 5.91 Å². The fourth-order valence-corrected chi connectivity index (χ4v) is 4.79. The molecule has 0 bridgehead atoms. The summed E-state index contributed by atoms with van der Waals surface area (Å²) in [4.78, 5) is 26.2. The Morgan fingerprint density at radius 2 is 1.80 bits per heavy atom. The molecule has 186 valence electrons. The van der Waals surface area contributed by atoms with Crippen molar-refractivity contribution in [2.24, 2.45) is 0 Å². The van der Waals surface area contributed by atoms with E-state index in [0.29, 0.717) is 40.3 Å². The van der Waals surface area contributed by atoms with Crippen LogP contribution in [-0.4, -0.2) is 41.9 Å². The quantitative estimate of drug-likeness (QED) is 0.241. The molecule has 0 aromatic heterocycles. The lowest BCUT2D eigenvalue weighted by Gasteiger charge is -2.19. The van der Waals surface area contributed by atoms with Crippen LogP contribution in [0.15, 0.2) is 47.4 Å². The number of amides is 1. The minimum atomic E-state index is -0.303. The summed E-state index contributed by atoms with van der Waals surface area (Å²) in [7, 11) is 2.93. The second-order valence-electron chi connectivity index (χ2n) is 9.16. The molecule has 3 rings (SSSR count). The van der Waals surface area contributed by atoms with Crippen molar-refractivity contribution in [1.29, 1.82) is 0 Å². The van der Waals surface area contributed by atoms with Gasteiger partial charge in [-0.15, -0.1) is 0 Å². The molecule has 1 amide bonds. The van der Waals surface area contributed by atoms with Crippen LogP contribution in [0.5, 0.6) is 11.5 Å². The summed E-state index contributed by atoms with van der Waals surface area (Å²) in [5.74, 6) is 0.740. The number of thioether (sulfide) groups is 1. The highest BCUT2D eigenvalue weighted by atomic mass is 32.2. The summed E-state index contributed by atoms with van der Waals surface area (Å²) < 4.78 is 16.7. The van der Waals surface area contributed by atoms with Gasteiger partial charge in [0.2, 0.25) is 0 Å². The lowest BCUT2D eigenvalue weighted by molar-refractivity contribution is -0.141. The van der Waals surface area contributed by atoms with E-state index in [2.05, 4.69) is 49.8 Å². The average molecular weight is 514 g/mol. The number of hydrogen-bond donors (Lipinski definition) is 0. The maximum Gasteiger partial charge on any atom is 0.305 e. The number of thiocarbonyl (C=S) groups is 1. The predicted molar refractivity (Wildman–Crippen MR) is 144 cm³/mol. The monoisotopic (exact) mass is 513 g/mol. The molecule has 0 unspecified atom stereocenters. The molecule has 0 N–H and O–H groups in total. The summed E-state index contributed by atoms with van der Waals surface area (Å²) >= 11 is 6.61. The largest absolute Gasteiger partial charge is 0.493 e. The standard InChI is InChI=1S/C27H31NO5S2/c1-27(2,3)20-11-8-18(9-12-20)17-33-21-13-10-19(15-22(21)31-4)16-23-25(30)28(26(34)35-23)14-6-7-24(29)32-5/h8-13,15-16H,6-7,14,17H2,1-5H3/b23-16+. The number of rotatable bonds is 9. The lowest BCUT2D eigenvalue weighted by Crippen LogP contribution is -2.29. The van der Waals surface area contributed by atoms with Gasteiger partial charge in [-0.2, -0.15) is 0 Å². The first-order valence-electron chi connectivity index (χ1n) is 11.3. The molecule has 8 heteroatoms. The van der Waals surface area contributed by atoms with Gasteiger partial charge in [-0.3, -0.25) is 14.5 Å². The summed E-state index contributed by atoms with van der Waals surface area (Å²) in [6.45, 7) is 7.37. The minimum Gasteiger partial charge on any atom is -0.493 e. The summed E-state index contributed by atoms with van der Waals surface area (Å²) in [5.41, 5.74) is 3.26. The van der Waals surface area contributed by atoms with Gasteiger partial charge in [0.05, 0.1) is 19.1 Å². The van der Waals surface area contributed by atoms with Crippen LogP contribution in [0.4, 0.5) is 0 Å². The van der Waals surface area contributed by atoms with E-state index in [-0.39, 0.29) is 23.7 Å². The van der Waals surface area contributed by atoms with Crippen LogP contribution in [-0.2, 0) is 26.3 Å². The van der Waals surface area contributed by atoms with Crippen LogP contribution in [0.25, 0.3) is 6.08 Å². The first kappa shape index (κ1) is 26.8. The van der Waals surface area contributed by atoms with Crippen molar-refractivity contribution in [2.45, 2.75) is 45.6 Å². The number of nitrogens with zero attached hydrogens (tertiary/aromatic N) is 1. The molecule has 1 saturated heterocycles. The maximum atomic E-state index is 12.8. The Hall–Kier alpha value is -2.84. The van der Waals surface area contributed by atoms with Gasteiger partial charge in [0, 0.05) is 13.0 Å². The number of esters is 1. The van der Waals surface area contributed by atoms with Gasteiger partial charge in [0.1, 0.15) is 10.9 Å². The van der Waals surface area contributed by atoms with E-state index in [1.54, 1.807) is 13.2 Å². The van der Waals surface area contributed by atoms with Gasteiger partial charge < -0.3 is 14.2 Å². The molecule has 1 heterocycles. The number of ether oxygens (including phenoxy) is 3. The first-order chi connectivity index (χ1) is 16.6. The molecule has 0 radical (unpaired) electrons. The fourth-order valence-electron chi connectivity index (χ4n) is 3.48. The molecule has 0 saturated carbocycles. The van der Waals surface area contributed by atoms with Crippen LogP contribution in [0, 0.1) is 0 Å². The second kappa shape index (κ2) is 11.7.